The molecule has 0 aliphatic heterocycles. The van der Waals surface area contributed by atoms with Crippen molar-refractivity contribution in [2.24, 2.45) is 5.73 Å². The molecule has 1 aromatic heterocycles. The predicted octanol–water partition coefficient (Wildman–Crippen LogP) is -1.18. The Morgan fingerprint density at radius 1 is 1.55 bits per heavy atom. The molecule has 1 heterocycles. The lowest BCUT2D eigenvalue weighted by Crippen LogP contribution is -2.43. The number of sulfonamides is 1. The number of rotatable bonds is 7. The Balaban J connectivity index is 3.02. The summed E-state index contributed by atoms with van der Waals surface area (Å²) in [5, 5.41) is 8.58. The lowest BCUT2D eigenvalue weighted by atomic mass is 10.2. The van der Waals surface area contributed by atoms with Crippen LogP contribution >= 0.6 is 0 Å². The number of aromatic nitrogens is 2. The van der Waals surface area contributed by atoms with E-state index in [1.54, 1.807) is 11.5 Å². The van der Waals surface area contributed by atoms with Crippen molar-refractivity contribution in [1.82, 2.24) is 14.3 Å². The zero-order chi connectivity index (χ0) is 15.5. The Morgan fingerprint density at radius 2 is 2.15 bits per heavy atom. The predicted molar refractivity (Wildman–Crippen MR) is 68.2 cm³/mol. The quantitative estimate of drug-likeness (QED) is 0.578. The largest absolute Gasteiger partial charge is 0.480 e. The fourth-order valence-electron chi connectivity index (χ4n) is 1.56. The Morgan fingerprint density at radius 3 is 2.55 bits per heavy atom. The SMILES string of the molecule is CCn1cc(S(=O)(=O)N[C@@H](CC(N)=O)C(=O)O)nc1C. The number of nitrogens with one attached hydrogen (secondary N) is 1. The second kappa shape index (κ2) is 6.01. The molecule has 0 saturated carbocycles. The third-order valence-electron chi connectivity index (χ3n) is 2.57. The molecule has 1 aromatic rings. The highest BCUT2D eigenvalue weighted by molar-refractivity contribution is 7.89. The Kier molecular flexibility index (Phi) is 4.84. The van der Waals surface area contributed by atoms with Crippen LogP contribution < -0.4 is 10.5 Å². The van der Waals surface area contributed by atoms with Gasteiger partial charge in [0.2, 0.25) is 5.91 Å². The van der Waals surface area contributed by atoms with Crippen molar-refractivity contribution in [2.75, 3.05) is 0 Å². The summed E-state index contributed by atoms with van der Waals surface area (Å²) in [7, 11) is -4.13. The van der Waals surface area contributed by atoms with Crippen LogP contribution in [-0.2, 0) is 26.2 Å². The number of hydrogen-bond acceptors (Lipinski definition) is 5. The van der Waals surface area contributed by atoms with E-state index in [4.69, 9.17) is 10.8 Å². The number of amides is 1. The van der Waals surface area contributed by atoms with E-state index in [9.17, 15) is 18.0 Å². The van der Waals surface area contributed by atoms with E-state index < -0.39 is 34.4 Å². The molecule has 0 saturated heterocycles. The molecule has 112 valence electrons. The molecule has 20 heavy (non-hydrogen) atoms. The number of carboxylic acids is 1. The van der Waals surface area contributed by atoms with Crippen molar-refractivity contribution in [3.8, 4) is 0 Å². The minimum absolute atomic E-state index is 0.299. The van der Waals surface area contributed by atoms with Crippen LogP contribution in [0.25, 0.3) is 0 Å². The number of nitrogens with zero attached hydrogens (tertiary/aromatic N) is 2. The molecule has 0 spiro atoms. The maximum atomic E-state index is 12.0. The average Bonchev–Trinajstić information content (AvgIpc) is 2.69. The maximum absolute atomic E-state index is 12.0. The minimum atomic E-state index is -4.13. The summed E-state index contributed by atoms with van der Waals surface area (Å²) >= 11 is 0. The second-order valence-electron chi connectivity index (χ2n) is 4.09. The first-order valence-corrected chi connectivity index (χ1v) is 7.23. The summed E-state index contributed by atoms with van der Waals surface area (Å²) in [5.74, 6) is -1.93. The van der Waals surface area contributed by atoms with E-state index in [2.05, 4.69) is 4.98 Å². The molecule has 4 N–H and O–H groups in total. The summed E-state index contributed by atoms with van der Waals surface area (Å²) in [5.41, 5.74) is 4.88. The van der Waals surface area contributed by atoms with Crippen LogP contribution in [0.5, 0.6) is 0 Å². The first-order valence-electron chi connectivity index (χ1n) is 5.74. The fraction of sp³-hybridized carbons (Fsp3) is 0.500. The van der Waals surface area contributed by atoms with Crippen molar-refractivity contribution >= 4 is 21.9 Å². The molecule has 1 rings (SSSR count). The summed E-state index contributed by atoms with van der Waals surface area (Å²) < 4.78 is 27.5. The summed E-state index contributed by atoms with van der Waals surface area (Å²) in [6.45, 7) is 3.96. The van der Waals surface area contributed by atoms with Gasteiger partial charge in [0.1, 0.15) is 11.9 Å². The number of hydrogen-bond donors (Lipinski definition) is 3. The van der Waals surface area contributed by atoms with Gasteiger partial charge in [0.25, 0.3) is 10.0 Å². The zero-order valence-electron chi connectivity index (χ0n) is 11.0. The van der Waals surface area contributed by atoms with E-state index in [-0.39, 0.29) is 5.03 Å². The van der Waals surface area contributed by atoms with Gasteiger partial charge in [0.05, 0.1) is 6.42 Å². The van der Waals surface area contributed by atoms with E-state index >= 15 is 0 Å². The molecule has 0 unspecified atom stereocenters. The van der Waals surface area contributed by atoms with E-state index in [1.165, 1.54) is 6.20 Å². The summed E-state index contributed by atoms with van der Waals surface area (Å²) in [6.07, 6.45) is 0.656. The summed E-state index contributed by atoms with van der Waals surface area (Å²) in [6, 6.07) is -1.62. The van der Waals surface area contributed by atoms with Gasteiger partial charge in [0, 0.05) is 12.7 Å². The molecule has 0 aromatic carbocycles. The molecule has 0 fully saturated rings. The van der Waals surface area contributed by atoms with Gasteiger partial charge in [0.15, 0.2) is 5.03 Å². The van der Waals surface area contributed by atoms with Crippen molar-refractivity contribution in [2.45, 2.75) is 37.9 Å². The number of primary amides is 1. The first-order chi connectivity index (χ1) is 9.17. The molecular formula is C10H16N4O5S. The highest BCUT2D eigenvalue weighted by atomic mass is 32.2. The van der Waals surface area contributed by atoms with Crippen LogP contribution in [0.4, 0.5) is 0 Å². The first kappa shape index (κ1) is 16.1. The molecule has 9 nitrogen and oxygen atoms in total. The fourth-order valence-corrected chi connectivity index (χ4v) is 2.75. The lowest BCUT2D eigenvalue weighted by molar-refractivity contribution is -0.140. The third-order valence-corrected chi connectivity index (χ3v) is 3.91. The number of carbonyl (C=O) groups is 2. The van der Waals surface area contributed by atoms with Crippen molar-refractivity contribution in [3.05, 3.63) is 12.0 Å². The normalized spacial score (nSPS) is 13.1. The average molecular weight is 304 g/mol. The van der Waals surface area contributed by atoms with Gasteiger partial charge < -0.3 is 15.4 Å². The Hall–Kier alpha value is -1.94. The monoisotopic (exact) mass is 304 g/mol. The lowest BCUT2D eigenvalue weighted by Gasteiger charge is -2.11. The van der Waals surface area contributed by atoms with Gasteiger partial charge >= 0.3 is 5.97 Å². The standard InChI is InChI=1S/C10H16N4O5S/c1-3-14-5-9(12-6(14)2)20(18,19)13-7(10(16)17)4-8(11)15/h5,7,13H,3-4H2,1-2H3,(H2,11,15)(H,16,17)/t7-/m0/s1. The van der Waals surface area contributed by atoms with E-state index in [0.29, 0.717) is 12.4 Å². The molecular weight excluding hydrogens is 288 g/mol. The maximum Gasteiger partial charge on any atom is 0.322 e. The third kappa shape index (κ3) is 3.78. The number of nitrogens with two attached hydrogens (primary N) is 1. The van der Waals surface area contributed by atoms with Crippen LogP contribution in [0.15, 0.2) is 11.2 Å². The van der Waals surface area contributed by atoms with E-state index in [1.807, 2.05) is 11.6 Å². The van der Waals surface area contributed by atoms with Crippen molar-refractivity contribution in [1.29, 1.82) is 0 Å². The van der Waals surface area contributed by atoms with Crippen LogP contribution in [0.3, 0.4) is 0 Å². The number of carboxylic acid groups (broad SMARTS) is 1. The number of imidazole rings is 1. The minimum Gasteiger partial charge on any atom is -0.480 e. The topological polar surface area (TPSA) is 144 Å². The van der Waals surface area contributed by atoms with Crippen LogP contribution in [0.2, 0.25) is 0 Å². The van der Waals surface area contributed by atoms with Crippen LogP contribution in [0, 0.1) is 6.92 Å². The highest BCUT2D eigenvalue weighted by Gasteiger charge is 2.28. The molecule has 0 aliphatic rings. The number of carbonyl (C=O) groups excluding carboxylic acids is 1. The van der Waals surface area contributed by atoms with Crippen molar-refractivity contribution in [3.63, 3.8) is 0 Å². The van der Waals surface area contributed by atoms with Gasteiger partial charge in [-0.2, -0.15) is 4.72 Å². The Labute approximate surface area is 115 Å². The number of aryl methyl sites for hydroxylation is 2. The molecule has 10 heteroatoms. The van der Waals surface area contributed by atoms with Crippen LogP contribution in [-0.4, -0.2) is 41.0 Å². The van der Waals surface area contributed by atoms with Crippen molar-refractivity contribution < 1.29 is 23.1 Å². The van der Waals surface area contributed by atoms with Gasteiger partial charge in [-0.3, -0.25) is 9.59 Å². The van der Waals surface area contributed by atoms with Crippen LogP contribution in [0.1, 0.15) is 19.2 Å². The molecule has 1 amide bonds. The van der Waals surface area contributed by atoms with Gasteiger partial charge in [-0.1, -0.05) is 0 Å². The molecule has 0 aliphatic carbocycles. The molecule has 1 atom stereocenters. The molecule has 0 radical (unpaired) electrons. The molecule has 0 bridgehead atoms. The Bertz CT molecular complexity index is 622. The zero-order valence-corrected chi connectivity index (χ0v) is 11.8. The number of aliphatic carboxylic acids is 1. The van der Waals surface area contributed by atoms with Gasteiger partial charge in [-0.15, -0.1) is 0 Å². The van der Waals surface area contributed by atoms with Gasteiger partial charge in [-0.25, -0.2) is 13.4 Å². The highest BCUT2D eigenvalue weighted by Crippen LogP contribution is 2.10. The summed E-state index contributed by atoms with van der Waals surface area (Å²) in [4.78, 5) is 25.5. The second-order valence-corrected chi connectivity index (χ2v) is 5.76. The van der Waals surface area contributed by atoms with E-state index in [0.717, 1.165) is 0 Å². The van der Waals surface area contributed by atoms with Gasteiger partial charge in [-0.05, 0) is 13.8 Å². The smallest absolute Gasteiger partial charge is 0.322 e.